The molecule has 0 atom stereocenters. The van der Waals surface area contributed by atoms with E-state index in [2.05, 4.69) is 65.5 Å². The van der Waals surface area contributed by atoms with Gasteiger partial charge in [-0.1, -0.05) is 65.5 Å². The number of benzene rings is 2. The van der Waals surface area contributed by atoms with Gasteiger partial charge in [0.15, 0.2) is 0 Å². The van der Waals surface area contributed by atoms with E-state index in [-0.39, 0.29) is 24.7 Å². The second-order valence-electron chi connectivity index (χ2n) is 9.15. The van der Waals surface area contributed by atoms with Gasteiger partial charge in [-0.05, 0) is 40.2 Å². The molecule has 0 bridgehead atoms. The number of ether oxygens (including phenoxy) is 1. The van der Waals surface area contributed by atoms with Crippen molar-refractivity contribution in [1.82, 2.24) is 0 Å². The second-order valence-corrected chi connectivity index (χ2v) is 9.15. The number of nitrogens with zero attached hydrogens (tertiary/aromatic N) is 1. The number of rotatable bonds is 5. The lowest BCUT2D eigenvalue weighted by molar-refractivity contribution is 0.206. The van der Waals surface area contributed by atoms with Crippen molar-refractivity contribution in [3.63, 3.8) is 0 Å². The highest BCUT2D eigenvalue weighted by Crippen LogP contribution is 2.35. The van der Waals surface area contributed by atoms with E-state index in [0.717, 1.165) is 48.9 Å². The van der Waals surface area contributed by atoms with Crippen LogP contribution in [0.3, 0.4) is 0 Å². The third-order valence-corrected chi connectivity index (χ3v) is 5.20. The zero-order valence-electron chi connectivity index (χ0n) is 19.0. The summed E-state index contributed by atoms with van der Waals surface area (Å²) >= 11 is 0. The van der Waals surface area contributed by atoms with Gasteiger partial charge < -0.3 is 14.3 Å². The fraction of sp³-hybridized carbons (Fsp3) is 0.423. The Labute approximate surface area is 178 Å². The minimum atomic E-state index is -0.0785. The summed E-state index contributed by atoms with van der Waals surface area (Å²) in [6.45, 7) is 15.4. The van der Waals surface area contributed by atoms with E-state index in [9.17, 15) is 5.11 Å². The van der Waals surface area contributed by atoms with Crippen molar-refractivity contribution in [2.45, 2.75) is 47.0 Å². The average molecular weight is 408 g/mol. The molecule has 3 rings (SSSR count). The van der Waals surface area contributed by atoms with E-state index in [0.29, 0.717) is 6.42 Å². The predicted molar refractivity (Wildman–Crippen MR) is 125 cm³/mol. The Hall–Kier alpha value is -2.43. The maximum Gasteiger partial charge on any atom is 0.141 e. The van der Waals surface area contributed by atoms with Crippen molar-refractivity contribution in [3.8, 4) is 0 Å². The molecule has 30 heavy (non-hydrogen) atoms. The predicted octanol–water partition coefficient (Wildman–Crippen LogP) is 3.99. The van der Waals surface area contributed by atoms with Crippen LogP contribution in [0.4, 0.5) is 0 Å². The van der Waals surface area contributed by atoms with Crippen molar-refractivity contribution in [3.05, 3.63) is 51.4 Å². The van der Waals surface area contributed by atoms with Gasteiger partial charge in [0, 0.05) is 29.9 Å². The quantitative estimate of drug-likeness (QED) is 0.651. The van der Waals surface area contributed by atoms with E-state index in [1.165, 1.54) is 0 Å². The number of hydrogen-bond acceptors (Lipinski definition) is 4. The van der Waals surface area contributed by atoms with Crippen LogP contribution in [0.25, 0.3) is 34.4 Å². The third-order valence-electron chi connectivity index (χ3n) is 5.20. The Morgan fingerprint density at radius 1 is 1.20 bits per heavy atom. The molecule has 4 heteroatoms. The SMILES string of the molecule is C=c1c(=NCOC)c2c(CCO)c3ccccc3c(C(C)C)c2o/c1=C/C(C)(C)C. The van der Waals surface area contributed by atoms with Crippen LogP contribution >= 0.6 is 0 Å². The molecule has 1 aromatic heterocycles. The lowest BCUT2D eigenvalue weighted by Crippen LogP contribution is -2.40. The molecule has 0 spiro atoms. The fourth-order valence-corrected chi connectivity index (χ4v) is 4.06. The molecular formula is C26H33NO3. The molecule has 1 N–H and O–H groups in total. The first kappa shape index (κ1) is 22.3. The maximum absolute atomic E-state index is 9.85. The molecule has 160 valence electrons. The van der Waals surface area contributed by atoms with Crippen molar-refractivity contribution < 1.29 is 14.3 Å². The number of fused-ring (bicyclic) bond motifs is 2. The molecular weight excluding hydrogens is 374 g/mol. The van der Waals surface area contributed by atoms with Crippen LogP contribution in [0.1, 0.15) is 51.7 Å². The number of aliphatic hydroxyl groups is 1. The zero-order valence-corrected chi connectivity index (χ0v) is 19.0. The van der Waals surface area contributed by atoms with Gasteiger partial charge in [0.25, 0.3) is 0 Å². The van der Waals surface area contributed by atoms with Crippen molar-refractivity contribution in [2.75, 3.05) is 20.4 Å². The molecule has 4 nitrogen and oxygen atoms in total. The average Bonchev–Trinajstić information content (AvgIpc) is 2.67. The molecule has 0 aliphatic carbocycles. The molecule has 0 fully saturated rings. The Balaban J connectivity index is 2.73. The van der Waals surface area contributed by atoms with Crippen molar-refractivity contribution in [1.29, 1.82) is 0 Å². The molecule has 0 unspecified atom stereocenters. The zero-order chi connectivity index (χ0) is 22.1. The first-order valence-electron chi connectivity index (χ1n) is 10.5. The smallest absolute Gasteiger partial charge is 0.141 e. The monoisotopic (exact) mass is 407 g/mol. The standard InChI is InChI=1S/C26H33NO3/c1-16(2)22-19-11-9-8-10-18(19)20(12-13-28)23-24(27-15-29-7)17(3)21(30-25(22)23)14-26(4,5)6/h8-11,14,16,28H,3,12-13,15H2,1-2,4-7H3/b21-14+,27-24?. The number of methoxy groups -OCH3 is 1. The molecule has 3 aromatic rings. The topological polar surface area (TPSA) is 55.0 Å². The molecule has 0 saturated heterocycles. The number of hydrogen-bond donors (Lipinski definition) is 1. The second kappa shape index (κ2) is 8.75. The van der Waals surface area contributed by atoms with Gasteiger partial charge in [0.05, 0.1) is 5.36 Å². The van der Waals surface area contributed by atoms with Gasteiger partial charge >= 0.3 is 0 Å². The van der Waals surface area contributed by atoms with Gasteiger partial charge in [-0.2, -0.15) is 0 Å². The summed E-state index contributed by atoms with van der Waals surface area (Å²) in [5, 5.41) is 14.6. The van der Waals surface area contributed by atoms with Crippen LogP contribution in [0, 0.1) is 5.41 Å². The Bertz CT molecular complexity index is 1240. The van der Waals surface area contributed by atoms with Crippen LogP contribution in [-0.4, -0.2) is 25.6 Å². The first-order valence-corrected chi connectivity index (χ1v) is 10.5. The molecule has 0 radical (unpaired) electrons. The molecule has 0 aliphatic rings. The Morgan fingerprint density at radius 3 is 2.43 bits per heavy atom. The van der Waals surface area contributed by atoms with Gasteiger partial charge in [-0.25, -0.2) is 0 Å². The summed E-state index contributed by atoms with van der Waals surface area (Å²) in [5.74, 6) is 0.248. The molecule has 0 saturated carbocycles. The molecule has 2 aromatic carbocycles. The van der Waals surface area contributed by atoms with Crippen LogP contribution < -0.4 is 16.0 Å². The van der Waals surface area contributed by atoms with Crippen LogP contribution in [0.15, 0.2) is 33.7 Å². The van der Waals surface area contributed by atoms with Crippen LogP contribution in [0.2, 0.25) is 0 Å². The Kier molecular flexibility index (Phi) is 6.49. The van der Waals surface area contributed by atoms with Gasteiger partial charge in [-0.3, -0.25) is 4.99 Å². The maximum atomic E-state index is 9.85. The largest absolute Gasteiger partial charge is 0.456 e. The van der Waals surface area contributed by atoms with Crippen LogP contribution in [0.5, 0.6) is 0 Å². The fourth-order valence-electron chi connectivity index (χ4n) is 4.06. The summed E-state index contributed by atoms with van der Waals surface area (Å²) in [6.07, 6.45) is 2.62. The summed E-state index contributed by atoms with van der Waals surface area (Å²) in [5.41, 5.74) is 3.67. The molecule has 1 heterocycles. The van der Waals surface area contributed by atoms with Gasteiger partial charge in [0.1, 0.15) is 17.7 Å². The van der Waals surface area contributed by atoms with E-state index in [4.69, 9.17) is 14.1 Å². The Morgan fingerprint density at radius 2 is 1.87 bits per heavy atom. The highest BCUT2D eigenvalue weighted by atomic mass is 16.5. The minimum Gasteiger partial charge on any atom is -0.456 e. The summed E-state index contributed by atoms with van der Waals surface area (Å²) in [4.78, 5) is 4.75. The minimum absolute atomic E-state index is 0.0478. The van der Waals surface area contributed by atoms with Gasteiger partial charge in [-0.15, -0.1) is 0 Å². The van der Waals surface area contributed by atoms with E-state index < -0.39 is 0 Å². The summed E-state index contributed by atoms with van der Waals surface area (Å²) in [7, 11) is 1.63. The molecule has 0 aliphatic heterocycles. The normalized spacial score (nSPS) is 13.9. The highest BCUT2D eigenvalue weighted by Gasteiger charge is 2.20. The van der Waals surface area contributed by atoms with E-state index >= 15 is 0 Å². The molecule has 0 amide bonds. The van der Waals surface area contributed by atoms with Crippen molar-refractivity contribution in [2.24, 2.45) is 10.4 Å². The third kappa shape index (κ3) is 4.21. The van der Waals surface area contributed by atoms with Crippen molar-refractivity contribution >= 4 is 34.4 Å². The summed E-state index contributed by atoms with van der Waals surface area (Å²) in [6, 6.07) is 8.34. The lowest BCUT2D eigenvalue weighted by Gasteiger charge is -2.19. The van der Waals surface area contributed by atoms with Crippen LogP contribution in [-0.2, 0) is 11.2 Å². The highest BCUT2D eigenvalue weighted by molar-refractivity contribution is 6.03. The van der Waals surface area contributed by atoms with Gasteiger partial charge in [0.2, 0.25) is 0 Å². The van der Waals surface area contributed by atoms with E-state index in [1.807, 2.05) is 6.07 Å². The first-order chi connectivity index (χ1) is 14.2. The lowest BCUT2D eigenvalue weighted by atomic mass is 9.88. The number of aliphatic hydroxyl groups excluding tert-OH is 1. The van der Waals surface area contributed by atoms with E-state index in [1.54, 1.807) is 7.11 Å². The summed E-state index contributed by atoms with van der Waals surface area (Å²) < 4.78 is 11.8.